The number of aromatic nitrogens is 1. The molecule has 130 valence electrons. The lowest BCUT2D eigenvalue weighted by atomic mass is 10.0. The molecule has 0 saturated heterocycles. The van der Waals surface area contributed by atoms with E-state index in [1.54, 1.807) is 13.3 Å². The Morgan fingerprint density at radius 3 is 2.54 bits per heavy atom. The van der Waals surface area contributed by atoms with Crippen LogP contribution in [-0.4, -0.2) is 49.1 Å². The zero-order chi connectivity index (χ0) is 17.6. The second kappa shape index (κ2) is 7.97. The quantitative estimate of drug-likeness (QED) is 0.629. The maximum atomic E-state index is 5.54. The molecule has 0 amide bonds. The lowest BCUT2D eigenvalue weighted by Crippen LogP contribution is -2.50. The second-order valence-corrected chi connectivity index (χ2v) is 6.50. The summed E-state index contributed by atoms with van der Waals surface area (Å²) >= 11 is 0. The van der Waals surface area contributed by atoms with Crippen LogP contribution in [0.15, 0.2) is 46.0 Å². The van der Waals surface area contributed by atoms with E-state index in [2.05, 4.69) is 53.5 Å². The molecule has 1 aromatic carbocycles. The van der Waals surface area contributed by atoms with Crippen LogP contribution >= 0.6 is 0 Å². The fourth-order valence-electron chi connectivity index (χ4n) is 1.95. The fraction of sp³-hybridized carbons (Fsp3) is 0.444. The van der Waals surface area contributed by atoms with Gasteiger partial charge in [0, 0.05) is 24.7 Å². The van der Waals surface area contributed by atoms with E-state index in [0.717, 1.165) is 23.8 Å². The van der Waals surface area contributed by atoms with Gasteiger partial charge in [0.25, 0.3) is 0 Å². The summed E-state index contributed by atoms with van der Waals surface area (Å²) < 4.78 is 5.54. The number of nitrogens with one attached hydrogen (secondary N) is 2. The van der Waals surface area contributed by atoms with Crippen molar-refractivity contribution in [3.63, 3.8) is 0 Å². The molecule has 24 heavy (non-hydrogen) atoms. The number of nitrogens with zero attached hydrogens (tertiary/aromatic N) is 3. The number of hydrogen-bond acceptors (Lipinski definition) is 4. The Morgan fingerprint density at radius 2 is 1.92 bits per heavy atom. The molecule has 2 rings (SSSR count). The third-order valence-electron chi connectivity index (χ3n) is 4.13. The topological polar surface area (TPSA) is 65.7 Å². The lowest BCUT2D eigenvalue weighted by molar-refractivity contribution is 0.197. The summed E-state index contributed by atoms with van der Waals surface area (Å²) in [5.41, 5.74) is 1.84. The van der Waals surface area contributed by atoms with Crippen LogP contribution in [0.3, 0.4) is 0 Å². The molecular formula is C18H27N5O. The summed E-state index contributed by atoms with van der Waals surface area (Å²) in [5.74, 6) is 1.37. The zero-order valence-electron chi connectivity index (χ0n) is 15.1. The molecule has 0 fully saturated rings. The first-order valence-electron chi connectivity index (χ1n) is 8.04. The Balaban J connectivity index is 1.89. The van der Waals surface area contributed by atoms with E-state index in [1.165, 1.54) is 0 Å². The molecule has 0 bridgehead atoms. The molecule has 0 saturated carbocycles. The maximum Gasteiger partial charge on any atom is 0.226 e. The standard InChI is InChI=1S/C18H27N5O/c1-18(2,23(4)5)13-21-17(19-3)20-11-15-12-24-16(22-15)14-9-7-6-8-10-14/h6-10,12H,11,13H2,1-5H3,(H2,19,20,21). The summed E-state index contributed by atoms with van der Waals surface area (Å²) in [6.07, 6.45) is 1.67. The third-order valence-corrected chi connectivity index (χ3v) is 4.13. The molecule has 0 spiro atoms. The molecule has 1 aromatic heterocycles. The molecule has 2 N–H and O–H groups in total. The molecule has 0 aliphatic heterocycles. The highest BCUT2D eigenvalue weighted by molar-refractivity contribution is 5.79. The number of hydrogen-bond donors (Lipinski definition) is 2. The molecule has 2 aromatic rings. The fourth-order valence-corrected chi connectivity index (χ4v) is 1.95. The van der Waals surface area contributed by atoms with Crippen LogP contribution in [0.2, 0.25) is 0 Å². The van der Waals surface area contributed by atoms with Crippen molar-refractivity contribution in [1.29, 1.82) is 0 Å². The van der Waals surface area contributed by atoms with Crippen molar-refractivity contribution in [2.24, 2.45) is 4.99 Å². The van der Waals surface area contributed by atoms with Crippen LogP contribution in [0.4, 0.5) is 0 Å². The number of aliphatic imine (C=N–C) groups is 1. The Bertz CT molecular complexity index is 661. The number of benzene rings is 1. The van der Waals surface area contributed by atoms with Gasteiger partial charge in [0.1, 0.15) is 6.26 Å². The van der Waals surface area contributed by atoms with Crippen LogP contribution in [0.25, 0.3) is 11.5 Å². The summed E-state index contributed by atoms with van der Waals surface area (Å²) in [4.78, 5) is 10.9. The Morgan fingerprint density at radius 1 is 1.21 bits per heavy atom. The molecule has 6 nitrogen and oxygen atoms in total. The summed E-state index contributed by atoms with van der Waals surface area (Å²) in [7, 11) is 5.90. The van der Waals surface area contributed by atoms with E-state index in [0.29, 0.717) is 12.4 Å². The van der Waals surface area contributed by atoms with Gasteiger partial charge in [0.15, 0.2) is 5.96 Å². The van der Waals surface area contributed by atoms with E-state index >= 15 is 0 Å². The van der Waals surface area contributed by atoms with E-state index < -0.39 is 0 Å². The van der Waals surface area contributed by atoms with Gasteiger partial charge in [-0.2, -0.15) is 0 Å². The van der Waals surface area contributed by atoms with Gasteiger partial charge < -0.3 is 20.0 Å². The third kappa shape index (κ3) is 4.83. The maximum absolute atomic E-state index is 5.54. The van der Waals surface area contributed by atoms with Crippen LogP contribution in [-0.2, 0) is 6.54 Å². The van der Waals surface area contributed by atoms with Crippen molar-refractivity contribution >= 4 is 5.96 Å². The molecule has 0 aliphatic carbocycles. The van der Waals surface area contributed by atoms with Crippen LogP contribution < -0.4 is 10.6 Å². The van der Waals surface area contributed by atoms with Gasteiger partial charge in [-0.05, 0) is 40.1 Å². The molecule has 0 atom stereocenters. The second-order valence-electron chi connectivity index (χ2n) is 6.50. The van der Waals surface area contributed by atoms with E-state index in [1.807, 2.05) is 30.3 Å². The van der Waals surface area contributed by atoms with Crippen molar-refractivity contribution in [2.75, 3.05) is 27.7 Å². The van der Waals surface area contributed by atoms with Gasteiger partial charge in [0.05, 0.1) is 12.2 Å². The molecule has 0 radical (unpaired) electrons. The normalized spacial score (nSPS) is 12.5. The van der Waals surface area contributed by atoms with Gasteiger partial charge in [-0.3, -0.25) is 4.99 Å². The largest absolute Gasteiger partial charge is 0.444 e. The van der Waals surface area contributed by atoms with Crippen molar-refractivity contribution in [3.05, 3.63) is 42.3 Å². The molecule has 0 unspecified atom stereocenters. The number of oxazole rings is 1. The minimum atomic E-state index is 0.0337. The molecule has 6 heteroatoms. The Labute approximate surface area is 144 Å². The van der Waals surface area contributed by atoms with Crippen LogP contribution in [0.5, 0.6) is 0 Å². The Hall–Kier alpha value is -2.34. The SMILES string of the molecule is CN=C(NCc1coc(-c2ccccc2)n1)NCC(C)(C)N(C)C. The highest BCUT2D eigenvalue weighted by atomic mass is 16.3. The zero-order valence-corrected chi connectivity index (χ0v) is 15.1. The monoisotopic (exact) mass is 329 g/mol. The number of guanidine groups is 1. The van der Waals surface area contributed by atoms with Gasteiger partial charge in [0.2, 0.25) is 5.89 Å². The minimum absolute atomic E-state index is 0.0337. The predicted octanol–water partition coefficient (Wildman–Crippen LogP) is 2.35. The molecule has 0 aliphatic rings. The van der Waals surface area contributed by atoms with Gasteiger partial charge in [-0.1, -0.05) is 18.2 Å². The van der Waals surface area contributed by atoms with Crippen molar-refractivity contribution in [3.8, 4) is 11.5 Å². The first-order valence-corrected chi connectivity index (χ1v) is 8.04. The average molecular weight is 329 g/mol. The summed E-state index contributed by atoms with van der Waals surface area (Å²) in [6, 6.07) is 9.87. The predicted molar refractivity (Wildman–Crippen MR) is 97.9 cm³/mol. The van der Waals surface area contributed by atoms with Crippen molar-refractivity contribution < 1.29 is 4.42 Å². The minimum Gasteiger partial charge on any atom is -0.444 e. The van der Waals surface area contributed by atoms with E-state index in [4.69, 9.17) is 4.42 Å². The van der Waals surface area contributed by atoms with Crippen molar-refractivity contribution in [1.82, 2.24) is 20.5 Å². The Kier molecular flexibility index (Phi) is 5.98. The van der Waals surface area contributed by atoms with Gasteiger partial charge in [-0.25, -0.2) is 4.98 Å². The number of rotatable bonds is 6. The van der Waals surface area contributed by atoms with Crippen LogP contribution in [0, 0.1) is 0 Å². The smallest absolute Gasteiger partial charge is 0.226 e. The van der Waals surface area contributed by atoms with Crippen LogP contribution in [0.1, 0.15) is 19.5 Å². The van der Waals surface area contributed by atoms with Gasteiger partial charge in [-0.15, -0.1) is 0 Å². The average Bonchev–Trinajstić information content (AvgIpc) is 3.04. The number of likely N-dealkylation sites (N-methyl/N-ethyl adjacent to an activating group) is 1. The first kappa shape index (κ1) is 18.0. The van der Waals surface area contributed by atoms with Gasteiger partial charge >= 0.3 is 0 Å². The molecular weight excluding hydrogens is 302 g/mol. The van der Waals surface area contributed by atoms with E-state index in [-0.39, 0.29) is 5.54 Å². The molecule has 1 heterocycles. The lowest BCUT2D eigenvalue weighted by Gasteiger charge is -2.33. The van der Waals surface area contributed by atoms with Crippen molar-refractivity contribution in [2.45, 2.75) is 25.9 Å². The highest BCUT2D eigenvalue weighted by Gasteiger charge is 2.20. The first-order chi connectivity index (χ1) is 11.4. The highest BCUT2D eigenvalue weighted by Crippen LogP contribution is 2.17. The van der Waals surface area contributed by atoms with E-state index in [9.17, 15) is 0 Å². The summed E-state index contributed by atoms with van der Waals surface area (Å²) in [6.45, 7) is 5.69. The summed E-state index contributed by atoms with van der Waals surface area (Å²) in [5, 5.41) is 6.60.